The number of hydrogen-bond donors (Lipinski definition) is 1. The predicted octanol–water partition coefficient (Wildman–Crippen LogP) is 4.14. The van der Waals surface area contributed by atoms with Crippen LogP contribution >= 0.6 is 0 Å². The van der Waals surface area contributed by atoms with Gasteiger partial charge in [0.1, 0.15) is 0 Å². The highest BCUT2D eigenvalue weighted by Gasteiger charge is 2.01. The van der Waals surface area contributed by atoms with Gasteiger partial charge in [-0.15, -0.1) is 0 Å². The molecule has 1 N–H and O–H groups in total. The van der Waals surface area contributed by atoms with Crippen LogP contribution < -0.4 is 5.32 Å². The molecular formula is C17H29NO. The fourth-order valence-corrected chi connectivity index (χ4v) is 2.03. The molecule has 2 nitrogen and oxygen atoms in total. The van der Waals surface area contributed by atoms with Gasteiger partial charge in [0, 0.05) is 19.2 Å². The summed E-state index contributed by atoms with van der Waals surface area (Å²) in [6.45, 7) is 11.3. The van der Waals surface area contributed by atoms with Gasteiger partial charge in [-0.2, -0.15) is 0 Å². The molecule has 0 fully saturated rings. The van der Waals surface area contributed by atoms with Gasteiger partial charge < -0.3 is 10.1 Å². The highest BCUT2D eigenvalue weighted by Crippen LogP contribution is 2.09. The minimum absolute atomic E-state index is 0.531. The van der Waals surface area contributed by atoms with Crippen molar-refractivity contribution in [3.8, 4) is 0 Å². The molecular weight excluding hydrogens is 234 g/mol. The topological polar surface area (TPSA) is 21.3 Å². The quantitative estimate of drug-likeness (QED) is 0.723. The summed E-state index contributed by atoms with van der Waals surface area (Å²) in [7, 11) is 0. The van der Waals surface area contributed by atoms with Crippen molar-refractivity contribution >= 4 is 0 Å². The fourth-order valence-electron chi connectivity index (χ4n) is 2.03. The van der Waals surface area contributed by atoms with Crippen LogP contribution in [0.2, 0.25) is 0 Å². The van der Waals surface area contributed by atoms with E-state index in [1.807, 2.05) is 0 Å². The third kappa shape index (κ3) is 7.34. The molecule has 1 aromatic carbocycles. The van der Waals surface area contributed by atoms with Gasteiger partial charge in [0.2, 0.25) is 0 Å². The first-order valence-corrected chi connectivity index (χ1v) is 7.50. The summed E-state index contributed by atoms with van der Waals surface area (Å²) in [4.78, 5) is 0. The van der Waals surface area contributed by atoms with E-state index in [4.69, 9.17) is 4.74 Å². The molecule has 0 saturated heterocycles. The van der Waals surface area contributed by atoms with E-state index in [0.717, 1.165) is 19.8 Å². The lowest BCUT2D eigenvalue weighted by molar-refractivity contribution is 0.0893. The Labute approximate surface area is 118 Å². The lowest BCUT2D eigenvalue weighted by Gasteiger charge is -2.11. The highest BCUT2D eigenvalue weighted by molar-refractivity contribution is 5.21. The maximum Gasteiger partial charge on any atom is 0.0717 e. The molecule has 1 unspecified atom stereocenters. The average molecular weight is 263 g/mol. The minimum Gasteiger partial charge on any atom is -0.376 e. The van der Waals surface area contributed by atoms with Crippen molar-refractivity contribution in [2.75, 3.05) is 6.61 Å². The Morgan fingerprint density at radius 3 is 2.26 bits per heavy atom. The average Bonchev–Trinajstić information content (AvgIpc) is 2.38. The summed E-state index contributed by atoms with van der Waals surface area (Å²) < 4.78 is 5.76. The zero-order valence-corrected chi connectivity index (χ0v) is 12.9. The van der Waals surface area contributed by atoms with E-state index in [1.165, 1.54) is 24.0 Å². The van der Waals surface area contributed by atoms with E-state index in [-0.39, 0.29) is 0 Å². The monoisotopic (exact) mass is 263 g/mol. The third-order valence-corrected chi connectivity index (χ3v) is 3.19. The minimum atomic E-state index is 0.531. The van der Waals surface area contributed by atoms with Crippen molar-refractivity contribution in [2.24, 2.45) is 5.92 Å². The summed E-state index contributed by atoms with van der Waals surface area (Å²) in [5.74, 6) is 0.666. The maximum atomic E-state index is 5.76. The van der Waals surface area contributed by atoms with Crippen LogP contribution in [0.1, 0.15) is 51.7 Å². The van der Waals surface area contributed by atoms with Crippen LogP contribution in [0.3, 0.4) is 0 Å². The van der Waals surface area contributed by atoms with Gasteiger partial charge in [-0.3, -0.25) is 0 Å². The first-order chi connectivity index (χ1) is 9.11. The van der Waals surface area contributed by atoms with Crippen LogP contribution in [0.25, 0.3) is 0 Å². The number of ether oxygens (including phenoxy) is 1. The lowest BCUT2D eigenvalue weighted by Crippen LogP contribution is -2.21. The Balaban J connectivity index is 2.28. The molecule has 0 aliphatic rings. The Kier molecular flexibility index (Phi) is 7.76. The van der Waals surface area contributed by atoms with Gasteiger partial charge in [0.15, 0.2) is 0 Å². The molecule has 0 spiro atoms. The summed E-state index contributed by atoms with van der Waals surface area (Å²) >= 11 is 0. The molecule has 2 heteroatoms. The van der Waals surface area contributed by atoms with E-state index in [0.29, 0.717) is 12.0 Å². The van der Waals surface area contributed by atoms with Crippen LogP contribution in [0.15, 0.2) is 24.3 Å². The summed E-state index contributed by atoms with van der Waals surface area (Å²) in [6, 6.07) is 9.24. The third-order valence-electron chi connectivity index (χ3n) is 3.19. The zero-order valence-electron chi connectivity index (χ0n) is 12.9. The van der Waals surface area contributed by atoms with E-state index in [9.17, 15) is 0 Å². The molecule has 0 aliphatic carbocycles. The second-order valence-corrected chi connectivity index (χ2v) is 5.76. The van der Waals surface area contributed by atoms with Crippen LogP contribution in [-0.4, -0.2) is 12.6 Å². The number of rotatable bonds is 9. The number of nitrogens with one attached hydrogen (secondary N) is 1. The predicted molar refractivity (Wildman–Crippen MR) is 82.1 cm³/mol. The first-order valence-electron chi connectivity index (χ1n) is 7.50. The lowest BCUT2D eigenvalue weighted by atomic mass is 10.1. The number of benzene rings is 1. The van der Waals surface area contributed by atoms with Crippen molar-refractivity contribution in [3.63, 3.8) is 0 Å². The van der Waals surface area contributed by atoms with Crippen molar-refractivity contribution in [1.82, 2.24) is 5.32 Å². The molecule has 0 aliphatic heterocycles. The zero-order chi connectivity index (χ0) is 14.1. The molecule has 0 amide bonds. The molecule has 0 heterocycles. The smallest absolute Gasteiger partial charge is 0.0717 e. The number of hydrogen-bond acceptors (Lipinski definition) is 2. The molecule has 0 aromatic heterocycles. The summed E-state index contributed by atoms with van der Waals surface area (Å²) in [5.41, 5.74) is 2.59. The second kappa shape index (κ2) is 9.11. The largest absolute Gasteiger partial charge is 0.376 e. The van der Waals surface area contributed by atoms with Gasteiger partial charge in [-0.1, -0.05) is 58.4 Å². The Morgan fingerprint density at radius 2 is 1.68 bits per heavy atom. The van der Waals surface area contributed by atoms with E-state index in [2.05, 4.69) is 57.3 Å². The Hall–Kier alpha value is -0.860. The van der Waals surface area contributed by atoms with Crippen LogP contribution in [0.5, 0.6) is 0 Å². The van der Waals surface area contributed by atoms with Crippen molar-refractivity contribution in [3.05, 3.63) is 35.4 Å². The van der Waals surface area contributed by atoms with Gasteiger partial charge in [0.05, 0.1) is 6.61 Å². The Morgan fingerprint density at radius 1 is 1.05 bits per heavy atom. The molecule has 0 radical (unpaired) electrons. The van der Waals surface area contributed by atoms with E-state index in [1.54, 1.807) is 0 Å². The van der Waals surface area contributed by atoms with Gasteiger partial charge >= 0.3 is 0 Å². The summed E-state index contributed by atoms with van der Waals surface area (Å²) in [5, 5.41) is 3.42. The maximum absolute atomic E-state index is 5.76. The first kappa shape index (κ1) is 16.2. The van der Waals surface area contributed by atoms with Crippen LogP contribution in [0.4, 0.5) is 0 Å². The standard InChI is InChI=1S/C17H29NO/c1-5-6-15(4)12-19-13-17-9-7-16(8-10-17)11-18-14(2)3/h7-10,14-15,18H,5-6,11-13H2,1-4H3. The Bertz CT molecular complexity index is 332. The molecule has 0 bridgehead atoms. The van der Waals surface area contributed by atoms with Crippen LogP contribution in [0, 0.1) is 5.92 Å². The van der Waals surface area contributed by atoms with Crippen molar-refractivity contribution < 1.29 is 4.74 Å². The molecule has 1 rings (SSSR count). The molecule has 1 aromatic rings. The van der Waals surface area contributed by atoms with E-state index >= 15 is 0 Å². The molecule has 108 valence electrons. The normalized spacial score (nSPS) is 12.9. The van der Waals surface area contributed by atoms with E-state index < -0.39 is 0 Å². The highest BCUT2D eigenvalue weighted by atomic mass is 16.5. The SMILES string of the molecule is CCCC(C)COCc1ccc(CNC(C)C)cc1. The molecule has 1 atom stereocenters. The second-order valence-electron chi connectivity index (χ2n) is 5.76. The molecule has 19 heavy (non-hydrogen) atoms. The fraction of sp³-hybridized carbons (Fsp3) is 0.647. The van der Waals surface area contributed by atoms with Crippen molar-refractivity contribution in [1.29, 1.82) is 0 Å². The van der Waals surface area contributed by atoms with Gasteiger partial charge in [-0.25, -0.2) is 0 Å². The van der Waals surface area contributed by atoms with Crippen molar-refractivity contribution in [2.45, 2.75) is 59.7 Å². The van der Waals surface area contributed by atoms with Crippen LogP contribution in [-0.2, 0) is 17.9 Å². The summed E-state index contributed by atoms with van der Waals surface area (Å²) in [6.07, 6.45) is 2.49. The molecule has 0 saturated carbocycles. The van der Waals surface area contributed by atoms with Gasteiger partial charge in [0.25, 0.3) is 0 Å². The van der Waals surface area contributed by atoms with Gasteiger partial charge in [-0.05, 0) is 23.5 Å².